The van der Waals surface area contributed by atoms with Gasteiger partial charge in [-0.05, 0) is 55.8 Å². The molecule has 0 aliphatic rings. The summed E-state index contributed by atoms with van der Waals surface area (Å²) in [4.78, 5) is 27.2. The number of amides is 2. The van der Waals surface area contributed by atoms with E-state index in [2.05, 4.69) is 5.32 Å². The SMILES string of the molecule is CNC(=O)C(C)N(Cc1ccc(Cl)cc1Cl)C(=O)CN(c1ccccc1F)S(=O)(=O)c1ccc(C)cc1. The Morgan fingerprint density at radius 3 is 2.27 bits per heavy atom. The Morgan fingerprint density at radius 2 is 1.68 bits per heavy atom. The van der Waals surface area contributed by atoms with E-state index in [1.54, 1.807) is 31.2 Å². The minimum absolute atomic E-state index is 0.110. The van der Waals surface area contributed by atoms with E-state index in [-0.39, 0.29) is 22.2 Å². The van der Waals surface area contributed by atoms with Crippen LogP contribution in [0.2, 0.25) is 10.0 Å². The molecule has 37 heavy (non-hydrogen) atoms. The molecule has 3 rings (SSSR count). The lowest BCUT2D eigenvalue weighted by molar-refractivity contribution is -0.139. The maximum atomic E-state index is 14.9. The number of hydrogen-bond acceptors (Lipinski definition) is 4. The van der Waals surface area contributed by atoms with Crippen LogP contribution in [-0.2, 0) is 26.2 Å². The van der Waals surface area contributed by atoms with Gasteiger partial charge in [0, 0.05) is 23.6 Å². The lowest BCUT2D eigenvalue weighted by Gasteiger charge is -2.32. The van der Waals surface area contributed by atoms with E-state index in [1.807, 2.05) is 0 Å². The summed E-state index contributed by atoms with van der Waals surface area (Å²) in [5.74, 6) is -2.03. The molecule has 196 valence electrons. The van der Waals surface area contributed by atoms with Gasteiger partial charge in [-0.15, -0.1) is 0 Å². The van der Waals surface area contributed by atoms with Crippen molar-refractivity contribution in [1.29, 1.82) is 0 Å². The number of likely N-dealkylation sites (N-methyl/N-ethyl adjacent to an activating group) is 1. The molecule has 0 spiro atoms. The molecule has 11 heteroatoms. The molecule has 0 aliphatic heterocycles. The maximum Gasteiger partial charge on any atom is 0.264 e. The number of anilines is 1. The van der Waals surface area contributed by atoms with Crippen LogP contribution in [0.3, 0.4) is 0 Å². The quantitative estimate of drug-likeness (QED) is 0.403. The van der Waals surface area contributed by atoms with E-state index in [0.29, 0.717) is 14.9 Å². The molecule has 0 aromatic heterocycles. The highest BCUT2D eigenvalue weighted by Gasteiger charge is 2.33. The van der Waals surface area contributed by atoms with E-state index < -0.39 is 40.2 Å². The molecule has 1 N–H and O–H groups in total. The third-order valence-corrected chi connectivity index (χ3v) is 8.14. The van der Waals surface area contributed by atoms with Crippen LogP contribution in [0, 0.1) is 12.7 Å². The van der Waals surface area contributed by atoms with Gasteiger partial charge in [0.15, 0.2) is 0 Å². The number of sulfonamides is 1. The van der Waals surface area contributed by atoms with Crippen molar-refractivity contribution in [2.45, 2.75) is 31.3 Å². The first-order chi connectivity index (χ1) is 17.4. The average Bonchev–Trinajstić information content (AvgIpc) is 2.86. The van der Waals surface area contributed by atoms with Gasteiger partial charge in [-0.2, -0.15) is 0 Å². The van der Waals surface area contributed by atoms with Crippen molar-refractivity contribution in [3.05, 3.63) is 93.7 Å². The lowest BCUT2D eigenvalue weighted by atomic mass is 10.1. The molecule has 2 amide bonds. The van der Waals surface area contributed by atoms with Gasteiger partial charge in [-0.3, -0.25) is 13.9 Å². The first-order valence-electron chi connectivity index (χ1n) is 11.2. The number of rotatable bonds is 9. The fraction of sp³-hybridized carbons (Fsp3) is 0.231. The Bertz CT molecular complexity index is 1400. The van der Waals surface area contributed by atoms with Crippen LogP contribution in [0.5, 0.6) is 0 Å². The van der Waals surface area contributed by atoms with Crippen molar-refractivity contribution < 1.29 is 22.4 Å². The van der Waals surface area contributed by atoms with E-state index in [0.717, 1.165) is 11.6 Å². The maximum absolute atomic E-state index is 14.9. The average molecular weight is 566 g/mol. The minimum Gasteiger partial charge on any atom is -0.357 e. The zero-order valence-electron chi connectivity index (χ0n) is 20.4. The molecule has 1 atom stereocenters. The lowest BCUT2D eigenvalue weighted by Crippen LogP contribution is -2.50. The Labute approximate surface area is 225 Å². The van der Waals surface area contributed by atoms with Crippen LogP contribution in [0.25, 0.3) is 0 Å². The van der Waals surface area contributed by atoms with Crippen LogP contribution in [-0.4, -0.2) is 44.8 Å². The van der Waals surface area contributed by atoms with Crippen molar-refractivity contribution in [2.24, 2.45) is 0 Å². The summed E-state index contributed by atoms with van der Waals surface area (Å²) in [6.45, 7) is 2.43. The molecule has 0 radical (unpaired) electrons. The van der Waals surface area contributed by atoms with Gasteiger partial charge in [-0.25, -0.2) is 12.8 Å². The topological polar surface area (TPSA) is 86.8 Å². The molecule has 0 bridgehead atoms. The Balaban J connectivity index is 2.06. The molecular formula is C26H26Cl2FN3O4S. The zero-order valence-corrected chi connectivity index (χ0v) is 22.7. The smallest absolute Gasteiger partial charge is 0.264 e. The standard InChI is InChI=1S/C26H26Cl2FN3O4S/c1-17-8-12-21(13-9-17)37(35,36)32(24-7-5-4-6-23(24)29)16-25(33)31(18(2)26(34)30-3)15-19-10-11-20(27)14-22(19)28/h4-14,18H,15-16H2,1-3H3,(H,30,34). The predicted octanol–water partition coefficient (Wildman–Crippen LogP) is 4.80. The van der Waals surface area contributed by atoms with Gasteiger partial charge in [0.1, 0.15) is 18.4 Å². The molecule has 0 fully saturated rings. The summed E-state index contributed by atoms with van der Waals surface area (Å²) in [5.41, 5.74) is 1.03. The van der Waals surface area contributed by atoms with Crippen LogP contribution in [0.4, 0.5) is 10.1 Å². The van der Waals surface area contributed by atoms with Crippen LogP contribution in [0.1, 0.15) is 18.1 Å². The predicted molar refractivity (Wildman–Crippen MR) is 143 cm³/mol. The second-order valence-electron chi connectivity index (χ2n) is 8.32. The molecule has 0 aliphatic carbocycles. The number of halogens is 3. The van der Waals surface area contributed by atoms with E-state index in [1.165, 1.54) is 55.3 Å². The summed E-state index contributed by atoms with van der Waals surface area (Å²) in [6.07, 6.45) is 0. The number of aryl methyl sites for hydroxylation is 1. The Morgan fingerprint density at radius 1 is 1.03 bits per heavy atom. The molecule has 0 saturated carbocycles. The summed E-state index contributed by atoms with van der Waals surface area (Å²) < 4.78 is 42.8. The van der Waals surface area contributed by atoms with Crippen molar-refractivity contribution in [2.75, 3.05) is 17.9 Å². The van der Waals surface area contributed by atoms with Gasteiger partial charge in [0.05, 0.1) is 10.6 Å². The van der Waals surface area contributed by atoms with E-state index >= 15 is 0 Å². The van der Waals surface area contributed by atoms with E-state index in [9.17, 15) is 22.4 Å². The second-order valence-corrected chi connectivity index (χ2v) is 11.0. The highest BCUT2D eigenvalue weighted by Crippen LogP contribution is 2.28. The van der Waals surface area contributed by atoms with Gasteiger partial charge < -0.3 is 10.2 Å². The van der Waals surface area contributed by atoms with Crippen LogP contribution in [0.15, 0.2) is 71.6 Å². The fourth-order valence-electron chi connectivity index (χ4n) is 3.63. The van der Waals surface area contributed by atoms with Gasteiger partial charge in [0.25, 0.3) is 10.0 Å². The number of benzene rings is 3. The number of nitrogens with zero attached hydrogens (tertiary/aromatic N) is 2. The number of carbonyl (C=O) groups is 2. The van der Waals surface area contributed by atoms with E-state index in [4.69, 9.17) is 23.2 Å². The molecule has 7 nitrogen and oxygen atoms in total. The molecule has 0 saturated heterocycles. The first kappa shape index (κ1) is 28.4. The number of hydrogen-bond donors (Lipinski definition) is 1. The fourth-order valence-corrected chi connectivity index (χ4v) is 5.52. The van der Waals surface area contributed by atoms with Crippen LogP contribution >= 0.6 is 23.2 Å². The Kier molecular flexibility index (Phi) is 9.17. The summed E-state index contributed by atoms with van der Waals surface area (Å²) in [6, 6.07) is 15.0. The molecule has 0 heterocycles. The summed E-state index contributed by atoms with van der Waals surface area (Å²) in [7, 11) is -2.94. The number of para-hydroxylation sites is 1. The van der Waals surface area contributed by atoms with Crippen molar-refractivity contribution in [3.63, 3.8) is 0 Å². The van der Waals surface area contributed by atoms with Crippen molar-refractivity contribution >= 4 is 50.7 Å². The first-order valence-corrected chi connectivity index (χ1v) is 13.4. The van der Waals surface area contributed by atoms with Gasteiger partial charge in [0.2, 0.25) is 11.8 Å². The highest BCUT2D eigenvalue weighted by molar-refractivity contribution is 7.92. The molecule has 3 aromatic rings. The number of nitrogens with one attached hydrogen (secondary N) is 1. The Hall–Kier alpha value is -3.14. The number of carbonyl (C=O) groups excluding carboxylic acids is 2. The van der Waals surface area contributed by atoms with Gasteiger partial charge in [-0.1, -0.05) is 59.1 Å². The second kappa shape index (κ2) is 11.9. The molecular weight excluding hydrogens is 540 g/mol. The van der Waals surface area contributed by atoms with Crippen LogP contribution < -0.4 is 9.62 Å². The van der Waals surface area contributed by atoms with Crippen molar-refractivity contribution in [1.82, 2.24) is 10.2 Å². The third-order valence-electron chi connectivity index (χ3n) is 5.78. The molecule has 3 aromatic carbocycles. The zero-order chi connectivity index (χ0) is 27.3. The minimum atomic E-state index is -4.36. The monoisotopic (exact) mass is 565 g/mol. The largest absolute Gasteiger partial charge is 0.357 e. The molecule has 1 unspecified atom stereocenters. The normalized spacial score (nSPS) is 12.1. The van der Waals surface area contributed by atoms with Crippen molar-refractivity contribution in [3.8, 4) is 0 Å². The summed E-state index contributed by atoms with van der Waals surface area (Å²) in [5, 5.41) is 3.15. The summed E-state index contributed by atoms with van der Waals surface area (Å²) >= 11 is 12.3. The highest BCUT2D eigenvalue weighted by atomic mass is 35.5. The third kappa shape index (κ3) is 6.60. The van der Waals surface area contributed by atoms with Gasteiger partial charge >= 0.3 is 0 Å².